The van der Waals surface area contributed by atoms with E-state index < -0.39 is 11.7 Å². The molecule has 0 saturated carbocycles. The SMILES string of the molecule is COC1CSC2C=Cc3ccc(/C=C/c4cccc(C(F)(F)F)c4)cc3N12. The van der Waals surface area contributed by atoms with Crippen LogP contribution in [-0.2, 0) is 10.9 Å². The molecule has 2 aromatic rings. The first-order valence-electron chi connectivity index (χ1n) is 8.56. The van der Waals surface area contributed by atoms with Crippen molar-refractivity contribution in [1.29, 1.82) is 0 Å². The van der Waals surface area contributed by atoms with E-state index in [0.29, 0.717) is 5.56 Å². The number of hydrogen-bond acceptors (Lipinski definition) is 3. The Bertz CT molecular complexity index is 907. The summed E-state index contributed by atoms with van der Waals surface area (Å²) in [4.78, 5) is 2.25. The fourth-order valence-corrected chi connectivity index (χ4v) is 4.61. The molecule has 2 atom stereocenters. The van der Waals surface area contributed by atoms with Crippen LogP contribution in [-0.4, -0.2) is 24.5 Å². The van der Waals surface area contributed by atoms with E-state index >= 15 is 0 Å². The van der Waals surface area contributed by atoms with Crippen LogP contribution in [0.4, 0.5) is 18.9 Å². The van der Waals surface area contributed by atoms with Crippen molar-refractivity contribution in [2.75, 3.05) is 17.8 Å². The number of benzene rings is 2. The molecule has 2 nitrogen and oxygen atoms in total. The summed E-state index contributed by atoms with van der Waals surface area (Å²) >= 11 is 1.83. The van der Waals surface area contributed by atoms with Gasteiger partial charge in [0.25, 0.3) is 0 Å². The number of methoxy groups -OCH3 is 1. The maximum Gasteiger partial charge on any atom is 0.416 e. The molecule has 0 amide bonds. The van der Waals surface area contributed by atoms with Crippen molar-refractivity contribution in [3.05, 3.63) is 70.8 Å². The van der Waals surface area contributed by atoms with E-state index in [1.807, 2.05) is 30.0 Å². The first-order chi connectivity index (χ1) is 13.0. The van der Waals surface area contributed by atoms with Crippen LogP contribution in [0.25, 0.3) is 18.2 Å². The molecule has 140 valence electrons. The van der Waals surface area contributed by atoms with Crippen molar-refractivity contribution in [2.24, 2.45) is 0 Å². The van der Waals surface area contributed by atoms with Crippen molar-refractivity contribution in [3.8, 4) is 0 Å². The van der Waals surface area contributed by atoms with Crippen LogP contribution in [0.3, 0.4) is 0 Å². The second-order valence-corrected chi connectivity index (χ2v) is 7.61. The van der Waals surface area contributed by atoms with E-state index in [2.05, 4.69) is 23.1 Å². The quantitative estimate of drug-likeness (QED) is 0.620. The summed E-state index contributed by atoms with van der Waals surface area (Å²) in [7, 11) is 1.71. The Morgan fingerprint density at radius 3 is 2.63 bits per heavy atom. The van der Waals surface area contributed by atoms with Crippen LogP contribution in [0.15, 0.2) is 48.5 Å². The predicted octanol–water partition coefficient (Wildman–Crippen LogP) is 5.75. The number of rotatable bonds is 3. The van der Waals surface area contributed by atoms with Crippen molar-refractivity contribution < 1.29 is 17.9 Å². The van der Waals surface area contributed by atoms with Gasteiger partial charge >= 0.3 is 6.18 Å². The molecule has 6 heteroatoms. The molecule has 0 spiro atoms. The van der Waals surface area contributed by atoms with Crippen LogP contribution >= 0.6 is 11.8 Å². The standard InChI is InChI=1S/C21H18F3NOS/c1-26-19-13-27-20-10-9-16-8-7-15(12-18(16)25(19)20)6-5-14-3-2-4-17(11-14)21(22,23)24/h2-12,19-20H,13H2,1H3/b6-5+. The summed E-state index contributed by atoms with van der Waals surface area (Å²) in [5.41, 5.74) is 3.02. The van der Waals surface area contributed by atoms with Crippen molar-refractivity contribution >= 4 is 35.7 Å². The number of fused-ring (bicyclic) bond motifs is 3. The molecule has 1 saturated heterocycles. The Hall–Kier alpha value is -2.18. The maximum atomic E-state index is 12.9. The highest BCUT2D eigenvalue weighted by atomic mass is 32.2. The fourth-order valence-electron chi connectivity index (χ4n) is 3.35. The number of ether oxygens (including phenoxy) is 1. The highest BCUT2D eigenvalue weighted by Gasteiger charge is 2.35. The van der Waals surface area contributed by atoms with Crippen molar-refractivity contribution in [2.45, 2.75) is 17.8 Å². The average Bonchev–Trinajstić information content (AvgIpc) is 3.09. The fraction of sp³-hybridized carbons (Fsp3) is 0.238. The lowest BCUT2D eigenvalue weighted by molar-refractivity contribution is -0.137. The zero-order valence-electron chi connectivity index (χ0n) is 14.6. The monoisotopic (exact) mass is 389 g/mol. The van der Waals surface area contributed by atoms with Crippen LogP contribution in [0.1, 0.15) is 22.3 Å². The molecule has 0 N–H and O–H groups in total. The highest BCUT2D eigenvalue weighted by molar-refractivity contribution is 8.00. The molecule has 2 aliphatic rings. The zero-order chi connectivity index (χ0) is 19.0. The van der Waals surface area contributed by atoms with Gasteiger partial charge in [-0.3, -0.25) is 0 Å². The molecule has 2 unspecified atom stereocenters. The van der Waals surface area contributed by atoms with Gasteiger partial charge in [0.15, 0.2) is 0 Å². The Kier molecular flexibility index (Phi) is 4.78. The Labute approximate surface area is 160 Å². The van der Waals surface area contributed by atoms with Gasteiger partial charge in [-0.25, -0.2) is 0 Å². The molecule has 2 heterocycles. The number of nitrogens with zero attached hydrogens (tertiary/aromatic N) is 1. The smallest absolute Gasteiger partial charge is 0.361 e. The number of hydrogen-bond donors (Lipinski definition) is 0. The topological polar surface area (TPSA) is 12.5 Å². The van der Waals surface area contributed by atoms with Gasteiger partial charge in [0.1, 0.15) is 6.23 Å². The van der Waals surface area contributed by atoms with Gasteiger partial charge in [0.2, 0.25) is 0 Å². The lowest BCUT2D eigenvalue weighted by atomic mass is 10.0. The molecule has 0 aliphatic carbocycles. The molecule has 0 bridgehead atoms. The summed E-state index contributed by atoms with van der Waals surface area (Å²) in [6.45, 7) is 0. The summed E-state index contributed by atoms with van der Waals surface area (Å²) in [6.07, 6.45) is 3.52. The van der Waals surface area contributed by atoms with Crippen LogP contribution in [0, 0.1) is 0 Å². The molecule has 0 aromatic heterocycles. The number of anilines is 1. The Morgan fingerprint density at radius 1 is 1.11 bits per heavy atom. The lowest BCUT2D eigenvalue weighted by Crippen LogP contribution is -2.38. The third kappa shape index (κ3) is 3.64. The molecule has 1 fully saturated rings. The molecular weight excluding hydrogens is 371 g/mol. The minimum Gasteiger partial charge on any atom is -0.361 e. The second-order valence-electron chi connectivity index (χ2n) is 6.46. The summed E-state index contributed by atoms with van der Waals surface area (Å²) in [5, 5.41) is 0.255. The summed E-state index contributed by atoms with van der Waals surface area (Å²) in [6, 6.07) is 11.4. The Balaban J connectivity index is 1.62. The molecule has 0 radical (unpaired) electrons. The van der Waals surface area contributed by atoms with Gasteiger partial charge in [0, 0.05) is 18.6 Å². The molecule has 4 rings (SSSR count). The Morgan fingerprint density at radius 2 is 1.89 bits per heavy atom. The van der Waals surface area contributed by atoms with E-state index in [9.17, 15) is 13.2 Å². The van der Waals surface area contributed by atoms with Crippen LogP contribution in [0.5, 0.6) is 0 Å². The van der Waals surface area contributed by atoms with Crippen molar-refractivity contribution in [3.63, 3.8) is 0 Å². The molecule has 2 aromatic carbocycles. The number of halogens is 3. The third-order valence-electron chi connectivity index (χ3n) is 4.72. The van der Waals surface area contributed by atoms with Crippen LogP contribution < -0.4 is 4.90 Å². The largest absolute Gasteiger partial charge is 0.416 e. The van der Waals surface area contributed by atoms with Crippen molar-refractivity contribution in [1.82, 2.24) is 0 Å². The van der Waals surface area contributed by atoms with Gasteiger partial charge in [-0.1, -0.05) is 48.6 Å². The van der Waals surface area contributed by atoms with Gasteiger partial charge in [0.05, 0.1) is 10.9 Å². The average molecular weight is 389 g/mol. The lowest BCUT2D eigenvalue weighted by Gasteiger charge is -2.33. The highest BCUT2D eigenvalue weighted by Crippen LogP contribution is 2.41. The van der Waals surface area contributed by atoms with E-state index in [0.717, 1.165) is 34.7 Å². The number of thioether (sulfide) groups is 1. The number of alkyl halides is 3. The van der Waals surface area contributed by atoms with Gasteiger partial charge in [-0.05, 0) is 34.9 Å². The normalized spacial score (nSPS) is 21.6. The van der Waals surface area contributed by atoms with Gasteiger partial charge in [-0.15, -0.1) is 11.8 Å². The van der Waals surface area contributed by atoms with Crippen LogP contribution in [0.2, 0.25) is 0 Å². The van der Waals surface area contributed by atoms with Gasteiger partial charge < -0.3 is 9.64 Å². The second kappa shape index (κ2) is 7.09. The predicted molar refractivity (Wildman–Crippen MR) is 105 cm³/mol. The van der Waals surface area contributed by atoms with E-state index in [1.54, 1.807) is 19.3 Å². The van der Waals surface area contributed by atoms with E-state index in [-0.39, 0.29) is 11.6 Å². The maximum absolute atomic E-state index is 12.9. The molecule has 27 heavy (non-hydrogen) atoms. The zero-order valence-corrected chi connectivity index (χ0v) is 15.4. The first kappa shape index (κ1) is 18.2. The minimum absolute atomic E-state index is 0.0198. The summed E-state index contributed by atoms with van der Waals surface area (Å²) < 4.78 is 44.2. The molecular formula is C21H18F3NOS. The first-order valence-corrected chi connectivity index (χ1v) is 9.61. The van der Waals surface area contributed by atoms with E-state index in [1.165, 1.54) is 6.07 Å². The minimum atomic E-state index is -4.33. The molecule has 2 aliphatic heterocycles. The summed E-state index contributed by atoms with van der Waals surface area (Å²) in [5.74, 6) is 0.898. The third-order valence-corrected chi connectivity index (χ3v) is 5.92. The van der Waals surface area contributed by atoms with Gasteiger partial charge in [-0.2, -0.15) is 13.2 Å². The van der Waals surface area contributed by atoms with E-state index in [4.69, 9.17) is 4.74 Å².